The molecule has 0 bridgehead atoms. The minimum Gasteiger partial charge on any atom is -0.393 e. The maximum absolute atomic E-state index is 11.6. The topological polar surface area (TPSA) is 75.1 Å². The summed E-state index contributed by atoms with van der Waals surface area (Å²) in [6, 6.07) is 0.0793. The van der Waals surface area contributed by atoms with Crippen LogP contribution in [0.5, 0.6) is 0 Å². The third-order valence-corrected chi connectivity index (χ3v) is 2.46. The molecule has 2 rings (SSSR count). The molecule has 15 heavy (non-hydrogen) atoms. The van der Waals surface area contributed by atoms with Crippen LogP contribution in [0.3, 0.4) is 0 Å². The van der Waals surface area contributed by atoms with Gasteiger partial charge in [-0.15, -0.1) is 0 Å². The number of aliphatic hydroxyl groups excluding tert-OH is 1. The molecule has 5 nitrogen and oxygen atoms in total. The van der Waals surface area contributed by atoms with Gasteiger partial charge in [-0.25, -0.2) is 4.98 Å². The number of rotatable bonds is 2. The molecule has 0 radical (unpaired) electrons. The molecule has 1 aromatic heterocycles. The molecule has 1 fully saturated rings. The average molecular weight is 207 g/mol. The highest BCUT2D eigenvalue weighted by Gasteiger charge is 2.28. The van der Waals surface area contributed by atoms with Crippen molar-refractivity contribution < 1.29 is 9.90 Å². The van der Waals surface area contributed by atoms with Crippen molar-refractivity contribution in [2.75, 3.05) is 0 Å². The van der Waals surface area contributed by atoms with Gasteiger partial charge in [0.2, 0.25) is 0 Å². The van der Waals surface area contributed by atoms with Gasteiger partial charge in [-0.1, -0.05) is 0 Å². The van der Waals surface area contributed by atoms with Crippen molar-refractivity contribution in [1.29, 1.82) is 0 Å². The Morgan fingerprint density at radius 1 is 1.47 bits per heavy atom. The number of carbonyl (C=O) groups is 1. The summed E-state index contributed by atoms with van der Waals surface area (Å²) >= 11 is 0. The number of hydrogen-bond donors (Lipinski definition) is 2. The zero-order valence-corrected chi connectivity index (χ0v) is 8.47. The Labute approximate surface area is 87.6 Å². The number of carbonyl (C=O) groups excluding carboxylic acids is 1. The molecule has 1 aliphatic carbocycles. The first-order chi connectivity index (χ1) is 7.15. The second-order valence-electron chi connectivity index (χ2n) is 3.84. The number of aliphatic hydroxyl groups is 1. The molecule has 1 amide bonds. The van der Waals surface area contributed by atoms with Crippen LogP contribution in [0.25, 0.3) is 0 Å². The quantitative estimate of drug-likeness (QED) is 0.718. The molecule has 1 saturated carbocycles. The predicted molar refractivity (Wildman–Crippen MR) is 53.3 cm³/mol. The van der Waals surface area contributed by atoms with Crippen molar-refractivity contribution in [2.45, 2.75) is 31.9 Å². The molecule has 5 heteroatoms. The molecular formula is C10H13N3O2. The van der Waals surface area contributed by atoms with E-state index in [1.807, 2.05) is 6.92 Å². The molecule has 2 N–H and O–H groups in total. The number of nitrogens with one attached hydrogen (secondary N) is 1. The van der Waals surface area contributed by atoms with Crippen LogP contribution in [0.2, 0.25) is 0 Å². The zero-order chi connectivity index (χ0) is 10.8. The predicted octanol–water partition coefficient (Wildman–Crippen LogP) is 0.0381. The summed E-state index contributed by atoms with van der Waals surface area (Å²) in [4.78, 5) is 19.5. The lowest BCUT2D eigenvalue weighted by Crippen LogP contribution is -2.46. The van der Waals surface area contributed by atoms with E-state index in [9.17, 15) is 4.79 Å². The lowest BCUT2D eigenvalue weighted by atomic mass is 9.89. The Hall–Kier alpha value is -1.49. The monoisotopic (exact) mass is 207 g/mol. The molecule has 0 atom stereocenters. The summed E-state index contributed by atoms with van der Waals surface area (Å²) in [5, 5.41) is 11.8. The van der Waals surface area contributed by atoms with Crippen LogP contribution >= 0.6 is 0 Å². The molecule has 0 unspecified atom stereocenters. The van der Waals surface area contributed by atoms with E-state index in [1.54, 1.807) is 6.20 Å². The fourth-order valence-electron chi connectivity index (χ4n) is 1.47. The van der Waals surface area contributed by atoms with Crippen molar-refractivity contribution in [3.8, 4) is 0 Å². The highest BCUT2D eigenvalue weighted by atomic mass is 16.3. The summed E-state index contributed by atoms with van der Waals surface area (Å²) in [5.74, 6) is -0.223. The molecule has 0 aliphatic heterocycles. The summed E-state index contributed by atoms with van der Waals surface area (Å²) < 4.78 is 0. The van der Waals surface area contributed by atoms with Gasteiger partial charge in [0.05, 0.1) is 18.0 Å². The smallest absolute Gasteiger partial charge is 0.271 e. The number of nitrogens with zero attached hydrogens (tertiary/aromatic N) is 2. The largest absolute Gasteiger partial charge is 0.393 e. The third-order valence-electron chi connectivity index (χ3n) is 2.46. The molecule has 0 saturated heterocycles. The van der Waals surface area contributed by atoms with Gasteiger partial charge in [0.15, 0.2) is 0 Å². The maximum atomic E-state index is 11.6. The minimum absolute atomic E-state index is 0.0793. The normalized spacial score (nSPS) is 24.4. The van der Waals surface area contributed by atoms with Crippen LogP contribution in [-0.2, 0) is 0 Å². The first-order valence-corrected chi connectivity index (χ1v) is 4.92. The van der Waals surface area contributed by atoms with E-state index in [1.165, 1.54) is 6.20 Å². The van der Waals surface area contributed by atoms with E-state index in [2.05, 4.69) is 15.3 Å². The van der Waals surface area contributed by atoms with Gasteiger partial charge in [-0.05, 0) is 19.8 Å². The van der Waals surface area contributed by atoms with Crippen LogP contribution in [0.1, 0.15) is 29.0 Å². The van der Waals surface area contributed by atoms with E-state index in [4.69, 9.17) is 5.11 Å². The van der Waals surface area contributed by atoms with Crippen LogP contribution in [0.4, 0.5) is 0 Å². The Morgan fingerprint density at radius 3 is 2.73 bits per heavy atom. The molecule has 0 aromatic carbocycles. The number of hydrogen-bond acceptors (Lipinski definition) is 4. The lowest BCUT2D eigenvalue weighted by Gasteiger charge is -2.31. The van der Waals surface area contributed by atoms with Crippen molar-refractivity contribution in [3.63, 3.8) is 0 Å². The SMILES string of the molecule is Cc1cnc(C(=O)NC2CC(O)C2)cn1. The Kier molecular flexibility index (Phi) is 2.64. The molecule has 1 heterocycles. The minimum atomic E-state index is -0.264. The van der Waals surface area contributed by atoms with Gasteiger partial charge < -0.3 is 10.4 Å². The molecule has 1 aliphatic rings. The van der Waals surface area contributed by atoms with Gasteiger partial charge in [-0.3, -0.25) is 9.78 Å². The lowest BCUT2D eigenvalue weighted by molar-refractivity contribution is 0.0560. The molecule has 0 spiro atoms. The average Bonchev–Trinajstić information content (AvgIpc) is 2.16. The van der Waals surface area contributed by atoms with Crippen LogP contribution in [0, 0.1) is 6.92 Å². The van der Waals surface area contributed by atoms with Crippen molar-refractivity contribution >= 4 is 5.91 Å². The molecular weight excluding hydrogens is 194 g/mol. The standard InChI is InChI=1S/C10H13N3O2/c1-6-4-12-9(5-11-6)10(15)13-7-2-8(14)3-7/h4-5,7-8,14H,2-3H2,1H3,(H,13,15). The molecule has 1 aromatic rings. The first kappa shape index (κ1) is 10.0. The van der Waals surface area contributed by atoms with Gasteiger partial charge >= 0.3 is 0 Å². The van der Waals surface area contributed by atoms with Crippen molar-refractivity contribution in [1.82, 2.24) is 15.3 Å². The Balaban J connectivity index is 1.93. The molecule has 80 valence electrons. The maximum Gasteiger partial charge on any atom is 0.271 e. The summed E-state index contributed by atoms with van der Waals surface area (Å²) in [6.07, 6.45) is 4.01. The van der Waals surface area contributed by atoms with Gasteiger partial charge in [0.1, 0.15) is 5.69 Å². The van der Waals surface area contributed by atoms with Crippen LogP contribution in [0.15, 0.2) is 12.4 Å². The van der Waals surface area contributed by atoms with Crippen LogP contribution < -0.4 is 5.32 Å². The van der Waals surface area contributed by atoms with E-state index in [0.29, 0.717) is 18.5 Å². The van der Waals surface area contributed by atoms with E-state index < -0.39 is 0 Å². The highest BCUT2D eigenvalue weighted by molar-refractivity contribution is 5.92. The first-order valence-electron chi connectivity index (χ1n) is 4.92. The van der Waals surface area contributed by atoms with E-state index in [-0.39, 0.29) is 18.1 Å². The Morgan fingerprint density at radius 2 is 2.20 bits per heavy atom. The summed E-state index contributed by atoms with van der Waals surface area (Å²) in [5.41, 5.74) is 1.10. The van der Waals surface area contributed by atoms with Gasteiger partial charge in [0, 0.05) is 12.2 Å². The zero-order valence-electron chi connectivity index (χ0n) is 8.47. The summed E-state index contributed by atoms with van der Waals surface area (Å²) in [7, 11) is 0. The highest BCUT2D eigenvalue weighted by Crippen LogP contribution is 2.19. The van der Waals surface area contributed by atoms with Crippen molar-refractivity contribution in [3.05, 3.63) is 23.8 Å². The van der Waals surface area contributed by atoms with Crippen LogP contribution in [-0.4, -0.2) is 33.1 Å². The van der Waals surface area contributed by atoms with E-state index >= 15 is 0 Å². The van der Waals surface area contributed by atoms with Gasteiger partial charge in [-0.2, -0.15) is 0 Å². The number of amides is 1. The summed E-state index contributed by atoms with van der Waals surface area (Å²) in [6.45, 7) is 1.82. The second-order valence-corrected chi connectivity index (χ2v) is 3.84. The Bertz CT molecular complexity index is 357. The van der Waals surface area contributed by atoms with Crippen molar-refractivity contribution in [2.24, 2.45) is 0 Å². The number of aryl methyl sites for hydroxylation is 1. The number of aromatic nitrogens is 2. The van der Waals surface area contributed by atoms with E-state index in [0.717, 1.165) is 5.69 Å². The second kappa shape index (κ2) is 3.94. The fourth-order valence-corrected chi connectivity index (χ4v) is 1.47. The fraction of sp³-hybridized carbons (Fsp3) is 0.500. The van der Waals surface area contributed by atoms with Gasteiger partial charge in [0.25, 0.3) is 5.91 Å². The third kappa shape index (κ3) is 2.30.